The van der Waals surface area contributed by atoms with Gasteiger partial charge in [0.15, 0.2) is 0 Å². The van der Waals surface area contributed by atoms with Crippen LogP contribution in [0.1, 0.15) is 31.9 Å². The van der Waals surface area contributed by atoms with Gasteiger partial charge in [-0.25, -0.2) is 8.78 Å². The molecule has 2 aromatic carbocycles. The number of nitrogens with one attached hydrogen (secondary N) is 1. The normalized spacial score (nSPS) is 25.8. The Labute approximate surface area is 206 Å². The van der Waals surface area contributed by atoms with Crippen molar-refractivity contribution in [1.29, 1.82) is 0 Å². The summed E-state index contributed by atoms with van der Waals surface area (Å²) in [6, 6.07) is 6.85. The first-order chi connectivity index (χ1) is 17.0. The SMILES string of the molecule is CC(C)CC(N[C@@H](c1ccc(-c2ccccc2F)cc1)C(F)(F)F)C(=O)N1C[C@H](F)[C@H]2OC[C@H](O)[C@H]21. The smallest absolute Gasteiger partial charge is 0.388 e. The van der Waals surface area contributed by atoms with Gasteiger partial charge in [-0.15, -0.1) is 0 Å². The fourth-order valence-corrected chi connectivity index (χ4v) is 5.02. The molecule has 6 atom stereocenters. The Morgan fingerprint density at radius 3 is 2.44 bits per heavy atom. The first-order valence-corrected chi connectivity index (χ1v) is 11.9. The highest BCUT2D eigenvalue weighted by Gasteiger charge is 2.54. The van der Waals surface area contributed by atoms with Crippen LogP contribution in [0.15, 0.2) is 48.5 Å². The number of alkyl halides is 4. The van der Waals surface area contributed by atoms with Gasteiger partial charge in [-0.3, -0.25) is 10.1 Å². The number of rotatable bonds is 7. The summed E-state index contributed by atoms with van der Waals surface area (Å²) in [6.45, 7) is 3.05. The molecule has 2 aliphatic rings. The van der Waals surface area contributed by atoms with Gasteiger partial charge in [-0.1, -0.05) is 56.3 Å². The van der Waals surface area contributed by atoms with E-state index in [1.165, 1.54) is 42.5 Å². The molecule has 5 nitrogen and oxygen atoms in total. The van der Waals surface area contributed by atoms with E-state index in [4.69, 9.17) is 4.74 Å². The number of halogens is 5. The molecule has 10 heteroatoms. The molecule has 2 saturated heterocycles. The Morgan fingerprint density at radius 2 is 1.83 bits per heavy atom. The first kappa shape index (κ1) is 26.5. The Balaban J connectivity index is 1.60. The lowest BCUT2D eigenvalue weighted by molar-refractivity contribution is -0.163. The van der Waals surface area contributed by atoms with Crippen LogP contribution in [0.5, 0.6) is 0 Å². The van der Waals surface area contributed by atoms with Crippen LogP contribution in [-0.4, -0.2) is 65.7 Å². The zero-order chi connectivity index (χ0) is 26.2. The molecule has 0 bridgehead atoms. The van der Waals surface area contributed by atoms with E-state index < -0.39 is 54.4 Å². The zero-order valence-electron chi connectivity index (χ0n) is 19.9. The van der Waals surface area contributed by atoms with E-state index >= 15 is 0 Å². The predicted molar refractivity (Wildman–Crippen MR) is 123 cm³/mol. The standard InChI is InChI=1S/C26H29F5N2O3/c1-14(2)11-20(25(35)33-12-19(28)23-22(33)21(34)13-36-23)32-24(26(29,30)31)16-9-7-15(8-10-16)17-5-3-4-6-18(17)27/h3-10,14,19-24,32,34H,11-13H2,1-2H3/t19-,20?,21-,22+,23+,24-/m0/s1. The molecule has 2 N–H and O–H groups in total. The number of likely N-dealkylation sites (tertiary alicyclic amines) is 1. The lowest BCUT2D eigenvalue weighted by Gasteiger charge is -2.33. The quantitative estimate of drug-likeness (QED) is 0.540. The van der Waals surface area contributed by atoms with E-state index in [1.54, 1.807) is 19.9 Å². The van der Waals surface area contributed by atoms with E-state index in [9.17, 15) is 31.9 Å². The lowest BCUT2D eigenvalue weighted by Crippen LogP contribution is -2.54. The zero-order valence-corrected chi connectivity index (χ0v) is 19.9. The summed E-state index contributed by atoms with van der Waals surface area (Å²) in [4.78, 5) is 14.5. The number of fused-ring (bicyclic) bond motifs is 1. The van der Waals surface area contributed by atoms with Gasteiger partial charge in [-0.2, -0.15) is 13.2 Å². The molecule has 2 fully saturated rings. The third-order valence-electron chi connectivity index (χ3n) is 6.69. The Kier molecular flexibility index (Phi) is 7.68. The summed E-state index contributed by atoms with van der Waals surface area (Å²) in [5, 5.41) is 12.7. The van der Waals surface area contributed by atoms with E-state index in [-0.39, 0.29) is 36.6 Å². The molecule has 0 radical (unpaired) electrons. The summed E-state index contributed by atoms with van der Waals surface area (Å²) in [5.41, 5.74) is 0.533. The minimum absolute atomic E-state index is 0.0700. The van der Waals surface area contributed by atoms with Crippen molar-refractivity contribution in [2.45, 2.75) is 62.9 Å². The molecule has 196 valence electrons. The molecule has 2 aliphatic heterocycles. The van der Waals surface area contributed by atoms with Crippen LogP contribution in [0.2, 0.25) is 0 Å². The van der Waals surface area contributed by atoms with Crippen molar-refractivity contribution in [3.63, 3.8) is 0 Å². The number of benzene rings is 2. The number of aliphatic hydroxyl groups excluding tert-OH is 1. The van der Waals surface area contributed by atoms with Gasteiger partial charge in [-0.05, 0) is 29.5 Å². The van der Waals surface area contributed by atoms with Gasteiger partial charge in [0.05, 0.1) is 25.2 Å². The minimum Gasteiger partial charge on any atom is -0.388 e. The van der Waals surface area contributed by atoms with Crippen molar-refractivity contribution in [2.24, 2.45) is 5.92 Å². The summed E-state index contributed by atoms with van der Waals surface area (Å²) in [7, 11) is 0. The molecule has 0 saturated carbocycles. The molecule has 0 aliphatic carbocycles. The number of nitrogens with zero attached hydrogens (tertiary/aromatic N) is 1. The summed E-state index contributed by atoms with van der Waals surface area (Å²) < 4.78 is 76.4. The van der Waals surface area contributed by atoms with Crippen molar-refractivity contribution in [2.75, 3.05) is 13.2 Å². The van der Waals surface area contributed by atoms with Crippen LogP contribution < -0.4 is 5.32 Å². The van der Waals surface area contributed by atoms with Crippen molar-refractivity contribution in [1.82, 2.24) is 10.2 Å². The van der Waals surface area contributed by atoms with Gasteiger partial charge in [0.2, 0.25) is 5.91 Å². The molecule has 0 aromatic heterocycles. The van der Waals surface area contributed by atoms with Gasteiger partial charge in [0.1, 0.15) is 30.2 Å². The monoisotopic (exact) mass is 512 g/mol. The predicted octanol–water partition coefficient (Wildman–Crippen LogP) is 4.41. The summed E-state index contributed by atoms with van der Waals surface area (Å²) in [5.74, 6) is -1.35. The van der Waals surface area contributed by atoms with Gasteiger partial charge < -0.3 is 14.7 Å². The number of carbonyl (C=O) groups is 1. The lowest BCUT2D eigenvalue weighted by atomic mass is 9.97. The number of hydrogen-bond acceptors (Lipinski definition) is 4. The fraction of sp³-hybridized carbons (Fsp3) is 0.500. The first-order valence-electron chi connectivity index (χ1n) is 11.9. The average molecular weight is 513 g/mol. The molecule has 1 unspecified atom stereocenters. The molecule has 4 rings (SSSR count). The number of hydrogen-bond donors (Lipinski definition) is 2. The third-order valence-corrected chi connectivity index (χ3v) is 6.69. The van der Waals surface area contributed by atoms with Crippen LogP contribution in [0.3, 0.4) is 0 Å². The van der Waals surface area contributed by atoms with Gasteiger partial charge in [0, 0.05) is 5.56 Å². The van der Waals surface area contributed by atoms with Gasteiger partial charge >= 0.3 is 6.18 Å². The second kappa shape index (κ2) is 10.4. The molecular formula is C26H29F5N2O3. The molecule has 2 aromatic rings. The topological polar surface area (TPSA) is 61.8 Å². The molecular weight excluding hydrogens is 483 g/mol. The van der Waals surface area contributed by atoms with E-state index in [2.05, 4.69) is 5.32 Å². The van der Waals surface area contributed by atoms with Crippen LogP contribution in [0, 0.1) is 11.7 Å². The van der Waals surface area contributed by atoms with Crippen LogP contribution in [0.4, 0.5) is 22.0 Å². The van der Waals surface area contributed by atoms with E-state index in [1.807, 2.05) is 0 Å². The molecule has 1 amide bonds. The maximum absolute atomic E-state index is 14.5. The highest BCUT2D eigenvalue weighted by Crippen LogP contribution is 2.36. The number of aliphatic hydroxyl groups is 1. The van der Waals surface area contributed by atoms with Crippen molar-refractivity contribution >= 4 is 5.91 Å². The second-order valence-corrected chi connectivity index (χ2v) is 9.79. The maximum atomic E-state index is 14.5. The number of ether oxygens (including phenoxy) is 1. The summed E-state index contributed by atoms with van der Waals surface area (Å²) in [6.07, 6.45) is -8.31. The van der Waals surface area contributed by atoms with Crippen LogP contribution in [0.25, 0.3) is 11.1 Å². The highest BCUT2D eigenvalue weighted by atomic mass is 19.4. The minimum atomic E-state index is -4.75. The Hall–Kier alpha value is -2.56. The fourth-order valence-electron chi connectivity index (χ4n) is 5.02. The average Bonchev–Trinajstić information content (AvgIpc) is 3.36. The summed E-state index contributed by atoms with van der Waals surface area (Å²) >= 11 is 0. The molecule has 0 spiro atoms. The highest BCUT2D eigenvalue weighted by molar-refractivity contribution is 5.83. The third kappa shape index (κ3) is 5.40. The van der Waals surface area contributed by atoms with E-state index in [0.29, 0.717) is 5.56 Å². The molecule has 36 heavy (non-hydrogen) atoms. The van der Waals surface area contributed by atoms with Crippen LogP contribution in [-0.2, 0) is 9.53 Å². The van der Waals surface area contributed by atoms with Crippen LogP contribution >= 0.6 is 0 Å². The van der Waals surface area contributed by atoms with Crippen molar-refractivity contribution in [3.05, 3.63) is 59.9 Å². The van der Waals surface area contributed by atoms with Crippen molar-refractivity contribution < 1.29 is 36.6 Å². The largest absolute Gasteiger partial charge is 0.407 e. The maximum Gasteiger partial charge on any atom is 0.407 e. The number of amides is 1. The van der Waals surface area contributed by atoms with Crippen molar-refractivity contribution in [3.8, 4) is 11.1 Å². The van der Waals surface area contributed by atoms with Gasteiger partial charge in [0.25, 0.3) is 0 Å². The number of carbonyl (C=O) groups excluding carboxylic acids is 1. The molecule has 2 heterocycles. The second-order valence-electron chi connectivity index (χ2n) is 9.79. The Morgan fingerprint density at radius 1 is 1.17 bits per heavy atom. The Bertz CT molecular complexity index is 1060. The van der Waals surface area contributed by atoms with E-state index in [0.717, 1.165) is 4.90 Å².